The number of aromatic nitrogens is 2. The minimum Gasteiger partial charge on any atom is -0.399 e. The van der Waals surface area contributed by atoms with E-state index in [1.807, 2.05) is 18.3 Å². The maximum Gasteiger partial charge on any atom is 0.249 e. The van der Waals surface area contributed by atoms with Crippen LogP contribution in [0.5, 0.6) is 0 Å². The van der Waals surface area contributed by atoms with E-state index in [4.69, 9.17) is 10.5 Å². The van der Waals surface area contributed by atoms with Crippen LogP contribution in [0.2, 0.25) is 0 Å². The average molecular weight is 391 g/mol. The molecule has 7 nitrogen and oxygen atoms in total. The number of hydrogen-bond acceptors (Lipinski definition) is 5. The number of nitrogens with one attached hydrogen (secondary N) is 1. The van der Waals surface area contributed by atoms with Gasteiger partial charge < -0.3 is 25.3 Å². The first-order chi connectivity index (χ1) is 14.1. The van der Waals surface area contributed by atoms with Crippen molar-refractivity contribution in [3.05, 3.63) is 54.4 Å². The summed E-state index contributed by atoms with van der Waals surface area (Å²) in [7, 11) is 0. The standard InChI is InChI=1S/C22H25N5O2/c23-17-4-8-25-20(12-17)26-10-6-22(7-11-26)15-29-14-21(28)27(22)13-16-2-1-3-19-18(16)5-9-24-19/h1-5,8-9,12,24H,6-7,10-11,13-15H2,(H2,23,25). The summed E-state index contributed by atoms with van der Waals surface area (Å²) in [4.78, 5) is 24.9. The summed E-state index contributed by atoms with van der Waals surface area (Å²) in [6.45, 7) is 2.98. The molecule has 0 radical (unpaired) electrons. The van der Waals surface area contributed by atoms with Gasteiger partial charge in [-0.2, -0.15) is 0 Å². The van der Waals surface area contributed by atoms with Crippen LogP contribution in [0.1, 0.15) is 18.4 Å². The first kappa shape index (κ1) is 18.0. The van der Waals surface area contributed by atoms with Crippen molar-refractivity contribution >= 4 is 28.3 Å². The largest absolute Gasteiger partial charge is 0.399 e. The van der Waals surface area contributed by atoms with Gasteiger partial charge in [0, 0.05) is 54.7 Å². The van der Waals surface area contributed by atoms with Gasteiger partial charge in [0.1, 0.15) is 12.4 Å². The van der Waals surface area contributed by atoms with Gasteiger partial charge >= 0.3 is 0 Å². The van der Waals surface area contributed by atoms with Crippen molar-refractivity contribution in [1.82, 2.24) is 14.9 Å². The fourth-order valence-corrected chi connectivity index (χ4v) is 4.64. The van der Waals surface area contributed by atoms with Crippen molar-refractivity contribution in [3.8, 4) is 0 Å². The van der Waals surface area contributed by atoms with Crippen LogP contribution in [-0.4, -0.2) is 52.6 Å². The van der Waals surface area contributed by atoms with Gasteiger partial charge in [0.05, 0.1) is 12.1 Å². The maximum atomic E-state index is 12.9. The SMILES string of the molecule is Nc1ccnc(N2CCC3(CC2)COCC(=O)N3Cc2cccc3[nH]ccc23)c1. The zero-order valence-corrected chi connectivity index (χ0v) is 16.3. The van der Waals surface area contributed by atoms with Gasteiger partial charge in [-0.3, -0.25) is 4.79 Å². The maximum absolute atomic E-state index is 12.9. The zero-order chi connectivity index (χ0) is 19.8. The van der Waals surface area contributed by atoms with E-state index in [0.717, 1.165) is 37.3 Å². The molecule has 0 saturated carbocycles. The van der Waals surface area contributed by atoms with E-state index in [9.17, 15) is 4.79 Å². The lowest BCUT2D eigenvalue weighted by Crippen LogP contribution is -2.63. The molecule has 2 aromatic heterocycles. The summed E-state index contributed by atoms with van der Waals surface area (Å²) < 4.78 is 5.72. The highest BCUT2D eigenvalue weighted by molar-refractivity contribution is 5.84. The van der Waals surface area contributed by atoms with E-state index in [0.29, 0.717) is 18.8 Å². The number of pyridine rings is 1. The number of ether oxygens (including phenoxy) is 1. The van der Waals surface area contributed by atoms with Gasteiger partial charge in [0.25, 0.3) is 0 Å². The van der Waals surface area contributed by atoms with Gasteiger partial charge in [-0.15, -0.1) is 0 Å². The number of nitrogens with two attached hydrogens (primary N) is 1. The smallest absolute Gasteiger partial charge is 0.249 e. The molecule has 0 aliphatic carbocycles. The summed E-state index contributed by atoms with van der Waals surface area (Å²) in [5, 5.41) is 1.17. The molecular formula is C22H25N5O2. The minimum atomic E-state index is -0.273. The molecule has 1 aromatic carbocycles. The number of benzene rings is 1. The van der Waals surface area contributed by atoms with Crippen LogP contribution in [0.25, 0.3) is 10.9 Å². The van der Waals surface area contributed by atoms with Crippen molar-refractivity contribution in [2.75, 3.05) is 36.9 Å². The number of anilines is 2. The number of nitrogen functional groups attached to an aromatic ring is 1. The van der Waals surface area contributed by atoms with Gasteiger partial charge in [-0.05, 0) is 36.6 Å². The minimum absolute atomic E-state index is 0.0688. The molecule has 5 rings (SSSR count). The number of nitrogens with zero attached hydrogens (tertiary/aromatic N) is 3. The van der Waals surface area contributed by atoms with Crippen molar-refractivity contribution in [2.24, 2.45) is 0 Å². The van der Waals surface area contributed by atoms with Crippen LogP contribution in [0.15, 0.2) is 48.8 Å². The fraction of sp³-hybridized carbons (Fsp3) is 0.364. The first-order valence-corrected chi connectivity index (χ1v) is 10.0. The first-order valence-electron chi connectivity index (χ1n) is 10.0. The van der Waals surface area contributed by atoms with Crippen molar-refractivity contribution in [1.29, 1.82) is 0 Å². The number of piperidine rings is 1. The lowest BCUT2D eigenvalue weighted by Gasteiger charge is -2.51. The molecule has 3 N–H and O–H groups in total. The molecule has 3 aromatic rings. The number of morpholine rings is 1. The van der Waals surface area contributed by atoms with Crippen LogP contribution in [-0.2, 0) is 16.1 Å². The molecule has 2 aliphatic heterocycles. The van der Waals surface area contributed by atoms with Gasteiger partial charge in [-0.1, -0.05) is 12.1 Å². The highest BCUT2D eigenvalue weighted by atomic mass is 16.5. The Morgan fingerprint density at radius 2 is 2.07 bits per heavy atom. The van der Waals surface area contributed by atoms with Crippen molar-refractivity contribution in [2.45, 2.75) is 24.9 Å². The third-order valence-corrected chi connectivity index (χ3v) is 6.27. The Kier molecular flexibility index (Phi) is 4.39. The second-order valence-corrected chi connectivity index (χ2v) is 7.99. The number of H-pyrrole nitrogens is 1. The molecule has 1 amide bonds. The second kappa shape index (κ2) is 7.08. The zero-order valence-electron chi connectivity index (χ0n) is 16.3. The molecule has 29 heavy (non-hydrogen) atoms. The third-order valence-electron chi connectivity index (χ3n) is 6.27. The number of aromatic amines is 1. The van der Waals surface area contributed by atoms with E-state index >= 15 is 0 Å². The summed E-state index contributed by atoms with van der Waals surface area (Å²) in [5.74, 6) is 0.964. The Bertz CT molecular complexity index is 1040. The predicted molar refractivity (Wildman–Crippen MR) is 112 cm³/mol. The molecule has 0 atom stereocenters. The van der Waals surface area contributed by atoms with E-state index in [-0.39, 0.29) is 18.1 Å². The van der Waals surface area contributed by atoms with Gasteiger partial charge in [0.15, 0.2) is 0 Å². The molecule has 150 valence electrons. The lowest BCUT2D eigenvalue weighted by atomic mass is 9.84. The van der Waals surface area contributed by atoms with Crippen molar-refractivity contribution in [3.63, 3.8) is 0 Å². The Labute approximate surface area is 169 Å². The van der Waals surface area contributed by atoms with Crippen molar-refractivity contribution < 1.29 is 9.53 Å². The Balaban J connectivity index is 1.39. The Hall–Kier alpha value is -3.06. The quantitative estimate of drug-likeness (QED) is 0.716. The normalized spacial score (nSPS) is 19.2. The summed E-state index contributed by atoms with van der Waals surface area (Å²) in [6.07, 6.45) is 5.38. The van der Waals surface area contributed by atoms with Crippen LogP contribution < -0.4 is 10.6 Å². The number of rotatable bonds is 3. The van der Waals surface area contributed by atoms with Crippen LogP contribution >= 0.6 is 0 Å². The van der Waals surface area contributed by atoms with E-state index in [2.05, 4.69) is 38.0 Å². The second-order valence-electron chi connectivity index (χ2n) is 7.99. The molecular weight excluding hydrogens is 366 g/mol. The van der Waals surface area contributed by atoms with E-state index < -0.39 is 0 Å². The molecule has 2 aliphatic rings. The van der Waals surface area contributed by atoms with Gasteiger partial charge in [-0.25, -0.2) is 4.98 Å². The topological polar surface area (TPSA) is 87.5 Å². The molecule has 2 fully saturated rings. The van der Waals surface area contributed by atoms with Crippen LogP contribution in [0.4, 0.5) is 11.5 Å². The molecule has 1 spiro atoms. The number of carbonyl (C=O) groups is 1. The molecule has 0 unspecified atom stereocenters. The average Bonchev–Trinajstić information content (AvgIpc) is 3.21. The Morgan fingerprint density at radius 1 is 1.21 bits per heavy atom. The van der Waals surface area contributed by atoms with E-state index in [1.54, 1.807) is 12.3 Å². The highest BCUT2D eigenvalue weighted by Crippen LogP contribution is 2.35. The summed E-state index contributed by atoms with van der Waals surface area (Å²) in [5.41, 5.74) is 8.63. The molecule has 2 saturated heterocycles. The van der Waals surface area contributed by atoms with Gasteiger partial charge in [0.2, 0.25) is 5.91 Å². The van der Waals surface area contributed by atoms with E-state index in [1.165, 1.54) is 10.9 Å². The predicted octanol–water partition coefficient (Wildman–Crippen LogP) is 2.54. The number of hydrogen-bond donors (Lipinski definition) is 2. The molecule has 7 heteroatoms. The highest BCUT2D eigenvalue weighted by Gasteiger charge is 2.45. The van der Waals surface area contributed by atoms with Crippen LogP contribution in [0, 0.1) is 0 Å². The number of amides is 1. The summed E-state index contributed by atoms with van der Waals surface area (Å²) >= 11 is 0. The molecule has 0 bridgehead atoms. The summed E-state index contributed by atoms with van der Waals surface area (Å²) in [6, 6.07) is 12.0. The number of fused-ring (bicyclic) bond motifs is 1. The molecule has 4 heterocycles. The number of carbonyl (C=O) groups excluding carboxylic acids is 1. The van der Waals surface area contributed by atoms with Crippen LogP contribution in [0.3, 0.4) is 0 Å². The third kappa shape index (κ3) is 3.21. The monoisotopic (exact) mass is 391 g/mol. The fourth-order valence-electron chi connectivity index (χ4n) is 4.64. The lowest BCUT2D eigenvalue weighted by molar-refractivity contribution is -0.161. The Morgan fingerprint density at radius 3 is 2.90 bits per heavy atom.